The highest BCUT2D eigenvalue weighted by atomic mass is 16.6. The van der Waals surface area contributed by atoms with Crippen LogP contribution in [0.1, 0.15) is 39.3 Å². The highest BCUT2D eigenvalue weighted by Crippen LogP contribution is 2.24. The van der Waals surface area contributed by atoms with Crippen LogP contribution < -0.4 is 5.32 Å². The van der Waals surface area contributed by atoms with Crippen molar-refractivity contribution in [3.8, 4) is 11.1 Å². The van der Waals surface area contributed by atoms with Gasteiger partial charge in [0.1, 0.15) is 11.4 Å². The molecule has 0 radical (unpaired) electrons. The van der Waals surface area contributed by atoms with E-state index in [9.17, 15) is 4.79 Å². The van der Waals surface area contributed by atoms with Crippen LogP contribution >= 0.6 is 0 Å². The van der Waals surface area contributed by atoms with E-state index < -0.39 is 11.7 Å². The summed E-state index contributed by atoms with van der Waals surface area (Å²) in [6, 6.07) is 16.1. The van der Waals surface area contributed by atoms with E-state index in [1.54, 1.807) is 18.6 Å². The Labute approximate surface area is 181 Å². The standard InChI is InChI=1S/C24H25N5O2/c1-16(17-8-6-5-7-9-17)27-22-14-25-21-12-18(10-11-20(21)28-22)19-13-26-29(15-19)23(30)31-24(2,3)4/h5-16H,1-4H3,(H,27,28). The van der Waals surface area contributed by atoms with Crippen molar-refractivity contribution >= 4 is 22.9 Å². The van der Waals surface area contributed by atoms with Crippen LogP contribution in [0.3, 0.4) is 0 Å². The molecule has 2 aromatic carbocycles. The minimum Gasteiger partial charge on any atom is -0.442 e. The van der Waals surface area contributed by atoms with Crippen molar-refractivity contribution in [2.24, 2.45) is 0 Å². The quantitative estimate of drug-likeness (QED) is 0.477. The largest absolute Gasteiger partial charge is 0.442 e. The fraction of sp³-hybridized carbons (Fsp3) is 0.250. The predicted octanol–water partition coefficient (Wildman–Crippen LogP) is 5.45. The molecule has 0 fully saturated rings. The van der Waals surface area contributed by atoms with Gasteiger partial charge in [0, 0.05) is 17.8 Å². The van der Waals surface area contributed by atoms with Crippen molar-refractivity contribution in [3.63, 3.8) is 0 Å². The van der Waals surface area contributed by atoms with Gasteiger partial charge in [-0.2, -0.15) is 9.78 Å². The number of ether oxygens (including phenoxy) is 1. The highest BCUT2D eigenvalue weighted by molar-refractivity contribution is 5.82. The predicted molar refractivity (Wildman–Crippen MR) is 121 cm³/mol. The molecule has 0 spiro atoms. The third kappa shape index (κ3) is 4.88. The SMILES string of the molecule is CC(Nc1cnc2cc(-c3cnn(C(=O)OC(C)(C)C)c3)ccc2n1)c1ccccc1. The molecule has 31 heavy (non-hydrogen) atoms. The molecular weight excluding hydrogens is 390 g/mol. The lowest BCUT2D eigenvalue weighted by atomic mass is 10.1. The number of rotatable bonds is 4. The summed E-state index contributed by atoms with van der Waals surface area (Å²) in [6.45, 7) is 7.55. The number of carbonyl (C=O) groups is 1. The van der Waals surface area contributed by atoms with Crippen LogP contribution in [0.25, 0.3) is 22.2 Å². The van der Waals surface area contributed by atoms with Crippen molar-refractivity contribution in [1.82, 2.24) is 19.7 Å². The monoisotopic (exact) mass is 415 g/mol. The third-order valence-corrected chi connectivity index (χ3v) is 4.70. The van der Waals surface area contributed by atoms with E-state index in [0.717, 1.165) is 22.2 Å². The number of nitrogens with zero attached hydrogens (tertiary/aromatic N) is 4. The topological polar surface area (TPSA) is 81.9 Å². The van der Waals surface area contributed by atoms with Crippen molar-refractivity contribution in [3.05, 3.63) is 72.7 Å². The Kier molecular flexibility index (Phi) is 5.42. The minimum absolute atomic E-state index is 0.117. The maximum absolute atomic E-state index is 12.2. The van der Waals surface area contributed by atoms with Gasteiger partial charge < -0.3 is 10.1 Å². The van der Waals surface area contributed by atoms with Crippen molar-refractivity contribution in [2.75, 3.05) is 5.32 Å². The Morgan fingerprint density at radius 2 is 1.81 bits per heavy atom. The second kappa shape index (κ2) is 8.18. The molecule has 7 heteroatoms. The van der Waals surface area contributed by atoms with Crippen LogP contribution in [0, 0.1) is 0 Å². The molecule has 0 aliphatic rings. The molecule has 158 valence electrons. The van der Waals surface area contributed by atoms with Gasteiger partial charge in [0.2, 0.25) is 0 Å². The van der Waals surface area contributed by atoms with Crippen molar-refractivity contribution in [2.45, 2.75) is 39.3 Å². The molecule has 1 N–H and O–H groups in total. The summed E-state index contributed by atoms with van der Waals surface area (Å²) in [6.07, 6.45) is 4.51. The van der Waals surface area contributed by atoms with E-state index in [1.807, 2.05) is 57.2 Å². The number of anilines is 1. The van der Waals surface area contributed by atoms with E-state index in [1.165, 1.54) is 10.2 Å². The lowest BCUT2D eigenvalue weighted by molar-refractivity contribution is 0.0514. The number of nitrogens with one attached hydrogen (secondary N) is 1. The molecule has 0 saturated heterocycles. The number of hydrogen-bond donors (Lipinski definition) is 1. The van der Waals surface area contributed by atoms with Gasteiger partial charge in [0.25, 0.3) is 0 Å². The van der Waals surface area contributed by atoms with Gasteiger partial charge in [-0.15, -0.1) is 0 Å². The molecule has 4 aromatic rings. The first kappa shape index (κ1) is 20.5. The van der Waals surface area contributed by atoms with E-state index >= 15 is 0 Å². The summed E-state index contributed by atoms with van der Waals surface area (Å²) in [4.78, 5) is 21.4. The maximum atomic E-state index is 12.2. The molecule has 0 bridgehead atoms. The summed E-state index contributed by atoms with van der Waals surface area (Å²) in [5, 5.41) is 7.52. The Morgan fingerprint density at radius 1 is 1.03 bits per heavy atom. The summed E-state index contributed by atoms with van der Waals surface area (Å²) in [7, 11) is 0. The van der Waals surface area contributed by atoms with E-state index in [2.05, 4.69) is 39.4 Å². The van der Waals surface area contributed by atoms with Crippen LogP contribution in [0.4, 0.5) is 10.6 Å². The van der Waals surface area contributed by atoms with Gasteiger partial charge >= 0.3 is 6.09 Å². The number of benzene rings is 2. The average molecular weight is 415 g/mol. The molecule has 7 nitrogen and oxygen atoms in total. The Balaban J connectivity index is 1.53. The van der Waals surface area contributed by atoms with E-state index in [0.29, 0.717) is 5.82 Å². The van der Waals surface area contributed by atoms with Gasteiger partial charge in [0.05, 0.1) is 23.4 Å². The second-order valence-corrected chi connectivity index (χ2v) is 8.39. The number of hydrogen-bond acceptors (Lipinski definition) is 6. The lowest BCUT2D eigenvalue weighted by Gasteiger charge is -2.18. The zero-order valence-corrected chi connectivity index (χ0v) is 18.0. The van der Waals surface area contributed by atoms with Crippen LogP contribution in [-0.2, 0) is 4.74 Å². The molecule has 1 unspecified atom stereocenters. The molecule has 4 rings (SSSR count). The zero-order chi connectivity index (χ0) is 22.0. The van der Waals surface area contributed by atoms with Crippen molar-refractivity contribution < 1.29 is 9.53 Å². The van der Waals surface area contributed by atoms with Gasteiger partial charge in [0.15, 0.2) is 0 Å². The summed E-state index contributed by atoms with van der Waals surface area (Å²) in [5.41, 5.74) is 3.85. The van der Waals surface area contributed by atoms with Gasteiger partial charge in [-0.05, 0) is 51.0 Å². The first-order valence-corrected chi connectivity index (χ1v) is 10.2. The summed E-state index contributed by atoms with van der Waals surface area (Å²) in [5.74, 6) is 0.717. The third-order valence-electron chi connectivity index (χ3n) is 4.70. The molecular formula is C24H25N5O2. The molecule has 0 aliphatic heterocycles. The summed E-state index contributed by atoms with van der Waals surface area (Å²) < 4.78 is 6.55. The molecule has 1 atom stereocenters. The number of fused-ring (bicyclic) bond motifs is 1. The van der Waals surface area contributed by atoms with Gasteiger partial charge in [-0.25, -0.2) is 9.78 Å². The molecule has 0 amide bonds. The van der Waals surface area contributed by atoms with Gasteiger partial charge in [-0.3, -0.25) is 4.98 Å². The second-order valence-electron chi connectivity index (χ2n) is 8.39. The van der Waals surface area contributed by atoms with Crippen molar-refractivity contribution in [1.29, 1.82) is 0 Å². The van der Waals surface area contributed by atoms with Crippen LogP contribution in [-0.4, -0.2) is 31.4 Å². The number of aromatic nitrogens is 4. The Morgan fingerprint density at radius 3 is 2.55 bits per heavy atom. The molecule has 0 saturated carbocycles. The molecule has 2 aromatic heterocycles. The van der Waals surface area contributed by atoms with Crippen LogP contribution in [0.2, 0.25) is 0 Å². The minimum atomic E-state index is -0.578. The van der Waals surface area contributed by atoms with Gasteiger partial charge in [-0.1, -0.05) is 36.4 Å². The Bertz CT molecular complexity index is 1210. The summed E-state index contributed by atoms with van der Waals surface area (Å²) >= 11 is 0. The average Bonchev–Trinajstić information content (AvgIpc) is 3.23. The van der Waals surface area contributed by atoms with E-state index in [-0.39, 0.29) is 6.04 Å². The fourth-order valence-electron chi connectivity index (χ4n) is 3.19. The smallest absolute Gasteiger partial charge is 0.435 e. The van der Waals surface area contributed by atoms with Crippen LogP contribution in [0.15, 0.2) is 67.1 Å². The fourth-order valence-corrected chi connectivity index (χ4v) is 3.19. The normalized spacial score (nSPS) is 12.5. The lowest BCUT2D eigenvalue weighted by Crippen LogP contribution is -2.27. The Hall–Kier alpha value is -3.74. The molecule has 0 aliphatic carbocycles. The first-order chi connectivity index (χ1) is 14.8. The van der Waals surface area contributed by atoms with E-state index in [4.69, 9.17) is 4.74 Å². The first-order valence-electron chi connectivity index (χ1n) is 10.2. The molecule has 2 heterocycles. The number of carbonyl (C=O) groups excluding carboxylic acids is 1. The maximum Gasteiger partial charge on any atom is 0.435 e. The highest BCUT2D eigenvalue weighted by Gasteiger charge is 2.19. The zero-order valence-electron chi connectivity index (χ0n) is 18.0. The van der Waals surface area contributed by atoms with Crippen LogP contribution in [0.5, 0.6) is 0 Å².